The molecular weight excluding hydrogens is 315 g/mol. The monoisotopic (exact) mass is 340 g/mol. The fourth-order valence-electron chi connectivity index (χ4n) is 3.45. The van der Waals surface area contributed by atoms with Gasteiger partial charge in [-0.05, 0) is 55.0 Å². The molecule has 0 atom stereocenters. The smallest absolute Gasteiger partial charge is 0.254 e. The Kier molecular flexibility index (Phi) is 5.69. The van der Waals surface area contributed by atoms with E-state index in [-0.39, 0.29) is 11.5 Å². The largest absolute Gasteiger partial charge is 0.371 e. The lowest BCUT2D eigenvalue weighted by Gasteiger charge is -2.31. The summed E-state index contributed by atoms with van der Waals surface area (Å²) in [5.41, 5.74) is 4.07. The predicted octanol–water partition coefficient (Wildman–Crippen LogP) is 3.96. The van der Waals surface area contributed by atoms with Gasteiger partial charge in [0.05, 0.1) is 5.56 Å². The maximum absolute atomic E-state index is 13.6. The molecule has 1 N–H and O–H groups in total. The Morgan fingerprint density at radius 1 is 1.24 bits per heavy atom. The van der Waals surface area contributed by atoms with E-state index in [9.17, 15) is 9.18 Å². The Morgan fingerprint density at radius 2 is 2.08 bits per heavy atom. The second-order valence-corrected chi connectivity index (χ2v) is 6.54. The fraction of sp³-hybridized carbons (Fsp3) is 0.381. The molecule has 0 bridgehead atoms. The van der Waals surface area contributed by atoms with E-state index in [1.165, 1.54) is 35.4 Å². The lowest BCUT2D eigenvalue weighted by atomic mass is 9.98. The Balaban J connectivity index is 1.59. The van der Waals surface area contributed by atoms with Crippen LogP contribution >= 0.6 is 0 Å². The van der Waals surface area contributed by atoms with Crippen molar-refractivity contribution < 1.29 is 9.18 Å². The third kappa shape index (κ3) is 4.19. The summed E-state index contributed by atoms with van der Waals surface area (Å²) in [6.45, 7) is 4.95. The number of fused-ring (bicyclic) bond motifs is 1. The second-order valence-electron chi connectivity index (χ2n) is 6.54. The molecule has 1 heterocycles. The molecular formula is C21H25FN2O. The van der Waals surface area contributed by atoms with Crippen molar-refractivity contribution in [3.05, 3.63) is 65.0 Å². The average Bonchev–Trinajstić information content (AvgIpc) is 2.62. The molecule has 1 aliphatic heterocycles. The highest BCUT2D eigenvalue weighted by Crippen LogP contribution is 2.28. The van der Waals surface area contributed by atoms with Crippen LogP contribution < -0.4 is 10.2 Å². The van der Waals surface area contributed by atoms with E-state index in [0.29, 0.717) is 6.54 Å². The highest BCUT2D eigenvalue weighted by Gasteiger charge is 2.16. The number of nitrogens with one attached hydrogen (secondary N) is 1. The summed E-state index contributed by atoms with van der Waals surface area (Å²) in [5.74, 6) is -0.838. The minimum absolute atomic E-state index is 0.100. The number of rotatable bonds is 6. The van der Waals surface area contributed by atoms with Crippen molar-refractivity contribution in [2.45, 2.75) is 32.6 Å². The molecule has 0 radical (unpaired) electrons. The minimum Gasteiger partial charge on any atom is -0.371 e. The van der Waals surface area contributed by atoms with Gasteiger partial charge in [-0.15, -0.1) is 0 Å². The molecule has 0 aromatic heterocycles. The minimum atomic E-state index is -0.482. The molecule has 4 heteroatoms. The van der Waals surface area contributed by atoms with Gasteiger partial charge in [0.2, 0.25) is 0 Å². The van der Waals surface area contributed by atoms with Crippen molar-refractivity contribution in [1.82, 2.24) is 5.32 Å². The van der Waals surface area contributed by atoms with Crippen LogP contribution in [-0.4, -0.2) is 25.5 Å². The van der Waals surface area contributed by atoms with E-state index in [4.69, 9.17) is 0 Å². The topological polar surface area (TPSA) is 32.3 Å². The van der Waals surface area contributed by atoms with Crippen molar-refractivity contribution in [2.24, 2.45) is 0 Å². The SMILES string of the molecule is CCCN1CCCc2cc(CCNC(=O)c3ccccc3F)ccc21. The molecule has 0 spiro atoms. The van der Waals surface area contributed by atoms with Crippen LogP contribution in [0.25, 0.3) is 0 Å². The summed E-state index contributed by atoms with van der Waals surface area (Å²) in [4.78, 5) is 14.5. The summed E-state index contributed by atoms with van der Waals surface area (Å²) in [6.07, 6.45) is 4.22. The van der Waals surface area contributed by atoms with E-state index < -0.39 is 5.82 Å². The number of anilines is 1. The number of carbonyl (C=O) groups is 1. The number of aryl methyl sites for hydroxylation is 1. The number of amides is 1. The molecule has 1 aliphatic rings. The van der Waals surface area contributed by atoms with Gasteiger partial charge in [0.1, 0.15) is 5.82 Å². The fourth-order valence-corrected chi connectivity index (χ4v) is 3.45. The van der Waals surface area contributed by atoms with Crippen LogP contribution in [0.5, 0.6) is 0 Å². The zero-order chi connectivity index (χ0) is 17.6. The summed E-state index contributed by atoms with van der Waals surface area (Å²) in [7, 11) is 0. The number of halogens is 1. The van der Waals surface area contributed by atoms with E-state index in [0.717, 1.165) is 32.4 Å². The Hall–Kier alpha value is -2.36. The van der Waals surface area contributed by atoms with Crippen LogP contribution in [0.4, 0.5) is 10.1 Å². The lowest BCUT2D eigenvalue weighted by molar-refractivity contribution is 0.0950. The molecule has 0 saturated heterocycles. The van der Waals surface area contributed by atoms with Gasteiger partial charge in [-0.3, -0.25) is 4.79 Å². The Bertz CT molecular complexity index is 744. The predicted molar refractivity (Wildman–Crippen MR) is 99.7 cm³/mol. The summed E-state index contributed by atoms with van der Waals surface area (Å²) >= 11 is 0. The van der Waals surface area contributed by atoms with Crippen molar-refractivity contribution in [3.63, 3.8) is 0 Å². The molecule has 0 fully saturated rings. The number of carbonyl (C=O) groups excluding carboxylic acids is 1. The third-order valence-electron chi connectivity index (χ3n) is 4.67. The van der Waals surface area contributed by atoms with Gasteiger partial charge in [0.15, 0.2) is 0 Å². The molecule has 2 aromatic carbocycles. The number of benzene rings is 2. The van der Waals surface area contributed by atoms with E-state index in [2.05, 4.69) is 35.3 Å². The number of hydrogen-bond donors (Lipinski definition) is 1. The first-order valence-electron chi connectivity index (χ1n) is 9.08. The molecule has 3 rings (SSSR count). The van der Waals surface area contributed by atoms with Crippen LogP contribution in [0.3, 0.4) is 0 Å². The highest BCUT2D eigenvalue weighted by molar-refractivity contribution is 5.94. The number of nitrogens with zero attached hydrogens (tertiary/aromatic N) is 1. The van der Waals surface area contributed by atoms with E-state index >= 15 is 0 Å². The first-order chi connectivity index (χ1) is 12.2. The zero-order valence-corrected chi connectivity index (χ0v) is 14.7. The van der Waals surface area contributed by atoms with Crippen molar-refractivity contribution in [2.75, 3.05) is 24.5 Å². The van der Waals surface area contributed by atoms with Gasteiger partial charge in [0, 0.05) is 25.3 Å². The van der Waals surface area contributed by atoms with Gasteiger partial charge >= 0.3 is 0 Å². The van der Waals surface area contributed by atoms with Gasteiger partial charge in [0.25, 0.3) is 5.91 Å². The van der Waals surface area contributed by atoms with Crippen LogP contribution in [-0.2, 0) is 12.8 Å². The average molecular weight is 340 g/mol. The molecule has 1 amide bonds. The van der Waals surface area contributed by atoms with Crippen LogP contribution in [0.1, 0.15) is 41.3 Å². The maximum atomic E-state index is 13.6. The molecule has 25 heavy (non-hydrogen) atoms. The molecule has 0 saturated carbocycles. The second kappa shape index (κ2) is 8.15. The van der Waals surface area contributed by atoms with Crippen molar-refractivity contribution in [1.29, 1.82) is 0 Å². The Morgan fingerprint density at radius 3 is 2.88 bits per heavy atom. The van der Waals surface area contributed by atoms with Crippen LogP contribution in [0, 0.1) is 5.82 Å². The van der Waals surface area contributed by atoms with E-state index in [1.54, 1.807) is 12.1 Å². The summed E-state index contributed by atoms with van der Waals surface area (Å²) < 4.78 is 13.6. The zero-order valence-electron chi connectivity index (χ0n) is 14.7. The first-order valence-corrected chi connectivity index (χ1v) is 9.08. The van der Waals surface area contributed by atoms with Crippen LogP contribution in [0.15, 0.2) is 42.5 Å². The molecule has 0 aliphatic carbocycles. The summed E-state index contributed by atoms with van der Waals surface area (Å²) in [5, 5.41) is 2.81. The van der Waals surface area contributed by atoms with Crippen molar-refractivity contribution >= 4 is 11.6 Å². The lowest BCUT2D eigenvalue weighted by Crippen LogP contribution is -2.30. The Labute approximate surface area is 148 Å². The van der Waals surface area contributed by atoms with Crippen LogP contribution in [0.2, 0.25) is 0 Å². The maximum Gasteiger partial charge on any atom is 0.254 e. The van der Waals surface area contributed by atoms with Gasteiger partial charge in [-0.25, -0.2) is 4.39 Å². The van der Waals surface area contributed by atoms with Gasteiger partial charge in [-0.2, -0.15) is 0 Å². The van der Waals surface area contributed by atoms with E-state index in [1.807, 2.05) is 0 Å². The molecule has 3 nitrogen and oxygen atoms in total. The molecule has 2 aromatic rings. The van der Waals surface area contributed by atoms with Crippen molar-refractivity contribution in [3.8, 4) is 0 Å². The molecule has 132 valence electrons. The highest BCUT2D eigenvalue weighted by atomic mass is 19.1. The standard InChI is InChI=1S/C21H25FN2O/c1-2-13-24-14-5-6-17-15-16(9-10-20(17)24)11-12-23-21(25)18-7-3-4-8-19(18)22/h3-4,7-10,15H,2,5-6,11-14H2,1H3,(H,23,25). The molecule has 0 unspecified atom stereocenters. The third-order valence-corrected chi connectivity index (χ3v) is 4.67. The first kappa shape index (κ1) is 17.5. The normalized spacial score (nSPS) is 13.4. The quantitative estimate of drug-likeness (QED) is 0.863. The van der Waals surface area contributed by atoms with Gasteiger partial charge < -0.3 is 10.2 Å². The van der Waals surface area contributed by atoms with Gasteiger partial charge in [-0.1, -0.05) is 31.2 Å². The summed E-state index contributed by atoms with van der Waals surface area (Å²) in [6, 6.07) is 12.7. The number of hydrogen-bond acceptors (Lipinski definition) is 2.